The molecule has 4 aromatic carbocycles. The van der Waals surface area contributed by atoms with Crippen molar-refractivity contribution < 1.29 is 33.1 Å². The van der Waals surface area contributed by atoms with Crippen LogP contribution >= 0.6 is 6.89 Å². The first-order chi connectivity index (χ1) is 27.3. The summed E-state index contributed by atoms with van der Waals surface area (Å²) >= 11 is 0. The van der Waals surface area contributed by atoms with Crippen molar-refractivity contribution in [2.24, 2.45) is 5.92 Å². The van der Waals surface area contributed by atoms with Crippen LogP contribution < -0.4 is 21.2 Å². The third-order valence-electron chi connectivity index (χ3n) is 10.8. The Kier molecular flexibility index (Phi) is 13.6. The summed E-state index contributed by atoms with van der Waals surface area (Å²) in [6, 6.07) is 35.1. The zero-order valence-electron chi connectivity index (χ0n) is 35.2. The van der Waals surface area contributed by atoms with Gasteiger partial charge in [0.25, 0.3) is 0 Å². The Morgan fingerprint density at radius 1 is 0.810 bits per heavy atom. The SMILES string of the molecule is C=CCOC(=O)C(N1C(=O)[C@H]([C@H](C)O[Si](C)(C)C(C)(C)C)[C@H]1CC(=O)c1ccc(NC(=O)OC(C)(C)C)cc1)=P(c1ccccc1)(c1ccccc1)c1ccccc1. The Bertz CT molecular complexity index is 2060. The monoisotopic (exact) mass is 820 g/mol. The van der Waals surface area contributed by atoms with Crippen LogP contribution in [-0.4, -0.2) is 66.7 Å². The molecule has 9 nitrogen and oxygen atoms in total. The van der Waals surface area contributed by atoms with Crippen LogP contribution in [0.4, 0.5) is 10.5 Å². The third-order valence-corrected chi connectivity index (χ3v) is 19.6. The number of nitrogens with one attached hydrogen (secondary N) is 1. The van der Waals surface area contributed by atoms with E-state index in [9.17, 15) is 14.4 Å². The van der Waals surface area contributed by atoms with Gasteiger partial charge in [-0.25, -0.2) is 9.59 Å². The molecule has 0 radical (unpaired) electrons. The van der Waals surface area contributed by atoms with Gasteiger partial charge in [0, 0.05) is 24.6 Å². The highest BCUT2D eigenvalue weighted by Crippen LogP contribution is 2.51. The van der Waals surface area contributed by atoms with Crippen molar-refractivity contribution in [1.82, 2.24) is 4.90 Å². The smallest absolute Gasteiger partial charge is 0.412 e. The molecule has 1 saturated heterocycles. The van der Waals surface area contributed by atoms with E-state index in [1.807, 2.05) is 97.9 Å². The second kappa shape index (κ2) is 17.9. The molecule has 11 heteroatoms. The lowest BCUT2D eigenvalue weighted by Crippen LogP contribution is -2.69. The number of nitrogens with zero attached hydrogens (tertiary/aromatic N) is 1. The molecule has 0 spiro atoms. The van der Waals surface area contributed by atoms with Crippen LogP contribution in [-0.2, 0) is 23.5 Å². The van der Waals surface area contributed by atoms with E-state index in [0.717, 1.165) is 15.9 Å². The van der Waals surface area contributed by atoms with Crippen molar-refractivity contribution in [1.29, 1.82) is 0 Å². The number of amides is 2. The minimum atomic E-state index is -3.21. The maximum Gasteiger partial charge on any atom is 0.412 e. The summed E-state index contributed by atoms with van der Waals surface area (Å²) in [7, 11) is -2.40. The van der Waals surface area contributed by atoms with Gasteiger partial charge >= 0.3 is 12.1 Å². The molecular formula is C47H57N2O7PSi. The zero-order chi connectivity index (χ0) is 42.5. The summed E-state index contributed by atoms with van der Waals surface area (Å²) in [5.41, 5.74) is 0.359. The molecule has 0 unspecified atom stereocenters. The average Bonchev–Trinajstić information content (AvgIpc) is 3.16. The Labute approximate surface area is 344 Å². The maximum absolute atomic E-state index is 15.1. The number of likely N-dealkylation sites (tertiary alicyclic amines) is 1. The molecule has 1 aliphatic heterocycles. The number of β-lactam (4-membered cyclic amide) rings is 1. The van der Waals surface area contributed by atoms with Crippen molar-refractivity contribution in [2.45, 2.75) is 90.8 Å². The summed E-state index contributed by atoms with van der Waals surface area (Å²) in [4.78, 5) is 58.6. The quantitative estimate of drug-likeness (QED) is 0.0339. The number of hydrogen-bond donors (Lipinski definition) is 1. The molecule has 4 aromatic rings. The fourth-order valence-electron chi connectivity index (χ4n) is 7.11. The summed E-state index contributed by atoms with van der Waals surface area (Å²) in [5.74, 6) is -1.95. The number of benzene rings is 4. The minimum absolute atomic E-state index is 0.0790. The van der Waals surface area contributed by atoms with Gasteiger partial charge in [-0.15, -0.1) is 0 Å². The maximum atomic E-state index is 15.1. The molecule has 1 aliphatic rings. The van der Waals surface area contributed by atoms with Crippen molar-refractivity contribution in [3.05, 3.63) is 133 Å². The van der Waals surface area contributed by atoms with Crippen LogP contribution in [0.25, 0.3) is 0 Å². The highest BCUT2D eigenvalue weighted by molar-refractivity contribution is 7.96. The third kappa shape index (κ3) is 9.47. The second-order valence-corrected chi connectivity index (χ2v) is 25.2. The van der Waals surface area contributed by atoms with Gasteiger partial charge in [-0.2, -0.15) is 0 Å². The number of ketones is 1. The van der Waals surface area contributed by atoms with Crippen LogP contribution in [0.1, 0.15) is 65.2 Å². The lowest BCUT2D eigenvalue weighted by molar-refractivity contribution is -0.156. The molecule has 58 heavy (non-hydrogen) atoms. The van der Waals surface area contributed by atoms with Gasteiger partial charge in [-0.3, -0.25) is 14.9 Å². The molecule has 3 atom stereocenters. The molecule has 5 rings (SSSR count). The first-order valence-corrected chi connectivity index (χ1v) is 24.4. The molecule has 2 amide bonds. The molecule has 1 N–H and O–H groups in total. The summed E-state index contributed by atoms with van der Waals surface area (Å²) < 4.78 is 18.2. The Morgan fingerprint density at radius 2 is 1.29 bits per heavy atom. The van der Waals surface area contributed by atoms with Crippen LogP contribution in [0, 0.1) is 5.92 Å². The van der Waals surface area contributed by atoms with E-state index in [4.69, 9.17) is 13.9 Å². The van der Waals surface area contributed by atoms with Crippen LogP contribution in [0.3, 0.4) is 0 Å². The zero-order valence-corrected chi connectivity index (χ0v) is 37.0. The number of ether oxygens (including phenoxy) is 2. The van der Waals surface area contributed by atoms with Crippen LogP contribution in [0.5, 0.6) is 0 Å². The first-order valence-electron chi connectivity index (χ1n) is 19.7. The minimum Gasteiger partial charge on any atom is -0.457 e. The summed E-state index contributed by atoms with van der Waals surface area (Å²) in [5, 5.41) is 5.10. The van der Waals surface area contributed by atoms with E-state index < -0.39 is 50.9 Å². The van der Waals surface area contributed by atoms with Gasteiger partial charge in [-0.1, -0.05) is 124 Å². The Hall–Kier alpha value is -5.02. The summed E-state index contributed by atoms with van der Waals surface area (Å²) in [6.45, 7) is 18.4. The van der Waals surface area contributed by atoms with E-state index >= 15 is 4.79 Å². The van der Waals surface area contributed by atoms with Crippen LogP contribution in [0.15, 0.2) is 128 Å². The average molecular weight is 821 g/mol. The fraction of sp³-hybridized carbons (Fsp3) is 0.340. The lowest BCUT2D eigenvalue weighted by atomic mass is 9.79. The number of Topliss-reactive ketones (excluding diaryl/α,β-unsaturated/α-hetero) is 1. The topological polar surface area (TPSA) is 111 Å². The normalized spacial score (nSPS) is 16.4. The Morgan fingerprint density at radius 3 is 1.72 bits per heavy atom. The van der Waals surface area contributed by atoms with E-state index in [1.54, 1.807) is 49.9 Å². The van der Waals surface area contributed by atoms with Gasteiger partial charge in [0.15, 0.2) is 14.1 Å². The van der Waals surface area contributed by atoms with Crippen LogP contribution in [0.2, 0.25) is 18.1 Å². The number of hydrogen-bond acceptors (Lipinski definition) is 7. The van der Waals surface area contributed by atoms with Gasteiger partial charge in [0.2, 0.25) is 5.91 Å². The first kappa shape index (κ1) is 44.1. The molecule has 0 aliphatic carbocycles. The van der Waals surface area contributed by atoms with Crippen molar-refractivity contribution in [2.75, 3.05) is 11.9 Å². The predicted octanol–water partition coefficient (Wildman–Crippen LogP) is 8.70. The molecule has 0 aromatic heterocycles. The van der Waals surface area contributed by atoms with Gasteiger partial charge in [0.05, 0.1) is 18.1 Å². The molecule has 306 valence electrons. The van der Waals surface area contributed by atoms with E-state index in [-0.39, 0.29) is 35.2 Å². The van der Waals surface area contributed by atoms with Gasteiger partial charge < -0.3 is 18.8 Å². The standard InChI is InChI=1S/C47H57N2O7PSi/c1-11-31-54-44(52)43(57(36-21-15-12-16-22-36,37-23-17-13-18-24-37)38-25-19-14-20-26-38)49-39(41(42(49)51)33(2)56-58(9,10)47(6,7)8)32-40(50)34-27-29-35(30-28-34)48-45(53)55-46(3,4)5/h11-30,33,39,41H,1,31-32H2,2-10H3,(H,48,53)/t33-,39+,41+/m0/s1. The second-order valence-electron chi connectivity index (χ2n) is 17.1. The largest absolute Gasteiger partial charge is 0.457 e. The van der Waals surface area contributed by atoms with E-state index in [2.05, 4.69) is 45.8 Å². The van der Waals surface area contributed by atoms with Crippen molar-refractivity contribution >= 4 is 66.0 Å². The number of esters is 1. The number of rotatable bonds is 14. The lowest BCUT2D eigenvalue weighted by Gasteiger charge is -2.53. The van der Waals surface area contributed by atoms with E-state index in [1.165, 1.54) is 6.08 Å². The number of carbonyl (C=O) groups excluding carboxylic acids is 4. The molecular weight excluding hydrogens is 764 g/mol. The summed E-state index contributed by atoms with van der Waals surface area (Å²) in [6.07, 6.45) is 0.228. The molecule has 1 heterocycles. The van der Waals surface area contributed by atoms with E-state index in [0.29, 0.717) is 11.3 Å². The fourth-order valence-corrected chi connectivity index (χ4v) is 12.9. The Balaban J connectivity index is 1.73. The highest BCUT2D eigenvalue weighted by atomic mass is 31.2. The van der Waals surface area contributed by atoms with Gasteiger partial charge in [-0.05, 0) is 86.0 Å². The molecule has 1 fully saturated rings. The van der Waals surface area contributed by atoms with Crippen molar-refractivity contribution in [3.8, 4) is 0 Å². The highest BCUT2D eigenvalue weighted by Gasteiger charge is 2.57. The number of carbonyl (C=O) groups is 4. The molecule has 0 bridgehead atoms. The number of anilines is 1. The molecule has 0 saturated carbocycles. The predicted molar refractivity (Wildman–Crippen MR) is 238 cm³/mol. The van der Waals surface area contributed by atoms with Crippen molar-refractivity contribution in [3.63, 3.8) is 0 Å². The van der Waals surface area contributed by atoms with Gasteiger partial charge in [0.1, 0.15) is 17.6 Å².